The Morgan fingerprint density at radius 1 is 0.925 bits per heavy atom. The fourth-order valence-electron chi connectivity index (χ4n) is 5.28. The van der Waals surface area contributed by atoms with Gasteiger partial charge < -0.3 is 15.0 Å². The third-order valence-electron chi connectivity index (χ3n) is 7.29. The standard InChI is InChI=1S/C33H34FN3O3/c1-2-40-28-19-17-27(18-20-28)37(33(39)30-22-21-29(36-30)23-9-5-3-6-10-23)31(24-13-15-25(34)16-14-24)32(38)35-26-11-7-4-8-12-26/h3,5-6,9-10,13-22,26,31,36H,2,4,7-8,11-12H2,1H3,(H,35,38)/t31-/m0/s1. The Kier molecular flexibility index (Phi) is 8.59. The Bertz CT molecular complexity index is 1410. The Hall–Kier alpha value is -4.39. The largest absolute Gasteiger partial charge is 0.494 e. The second kappa shape index (κ2) is 12.6. The van der Waals surface area contributed by atoms with Crippen LogP contribution in [0.5, 0.6) is 5.75 Å². The molecule has 5 rings (SSSR count). The molecule has 1 aliphatic rings. The van der Waals surface area contributed by atoms with Crippen molar-refractivity contribution < 1.29 is 18.7 Å². The maximum Gasteiger partial charge on any atom is 0.275 e. The average molecular weight is 540 g/mol. The molecular weight excluding hydrogens is 505 g/mol. The maximum absolute atomic E-state index is 14.3. The van der Waals surface area contributed by atoms with E-state index >= 15 is 0 Å². The predicted molar refractivity (Wildman–Crippen MR) is 155 cm³/mol. The van der Waals surface area contributed by atoms with E-state index in [4.69, 9.17) is 4.74 Å². The van der Waals surface area contributed by atoms with Gasteiger partial charge in [0.05, 0.1) is 6.61 Å². The molecule has 40 heavy (non-hydrogen) atoms. The summed E-state index contributed by atoms with van der Waals surface area (Å²) >= 11 is 0. The first kappa shape index (κ1) is 27.2. The van der Waals surface area contributed by atoms with E-state index in [9.17, 15) is 14.0 Å². The van der Waals surface area contributed by atoms with Crippen LogP contribution < -0.4 is 15.0 Å². The third-order valence-corrected chi connectivity index (χ3v) is 7.29. The van der Waals surface area contributed by atoms with Crippen molar-refractivity contribution in [1.29, 1.82) is 0 Å². The van der Waals surface area contributed by atoms with Crippen LogP contribution in [0.2, 0.25) is 0 Å². The summed E-state index contributed by atoms with van der Waals surface area (Å²) in [6.07, 6.45) is 5.06. The molecule has 0 saturated heterocycles. The van der Waals surface area contributed by atoms with E-state index in [2.05, 4.69) is 10.3 Å². The normalized spacial score (nSPS) is 14.3. The van der Waals surface area contributed by atoms with Gasteiger partial charge in [-0.05, 0) is 79.4 Å². The zero-order valence-corrected chi connectivity index (χ0v) is 22.6. The number of H-pyrrole nitrogens is 1. The minimum Gasteiger partial charge on any atom is -0.494 e. The molecule has 0 aliphatic heterocycles. The van der Waals surface area contributed by atoms with Crippen molar-refractivity contribution >= 4 is 17.5 Å². The van der Waals surface area contributed by atoms with Crippen LogP contribution in [0.15, 0.2) is 91.0 Å². The summed E-state index contributed by atoms with van der Waals surface area (Å²) in [5.41, 5.74) is 3.12. The van der Waals surface area contributed by atoms with Crippen LogP contribution in [0, 0.1) is 5.82 Å². The Labute approximate surface area is 234 Å². The molecule has 1 aromatic heterocycles. The Balaban J connectivity index is 1.57. The number of amides is 2. The van der Waals surface area contributed by atoms with E-state index in [0.717, 1.165) is 43.4 Å². The van der Waals surface area contributed by atoms with Crippen LogP contribution >= 0.6 is 0 Å². The predicted octanol–water partition coefficient (Wildman–Crippen LogP) is 7.06. The van der Waals surface area contributed by atoms with E-state index in [1.807, 2.05) is 43.3 Å². The minimum atomic E-state index is -1.02. The molecule has 206 valence electrons. The van der Waals surface area contributed by atoms with Crippen molar-refractivity contribution in [2.75, 3.05) is 11.5 Å². The van der Waals surface area contributed by atoms with Crippen molar-refractivity contribution in [3.8, 4) is 17.0 Å². The van der Waals surface area contributed by atoms with Crippen molar-refractivity contribution in [3.05, 3.63) is 108 Å². The molecule has 1 heterocycles. The molecule has 2 amide bonds. The number of carbonyl (C=O) groups excluding carboxylic acids is 2. The zero-order chi connectivity index (χ0) is 27.9. The molecule has 1 fully saturated rings. The number of anilines is 1. The molecule has 1 saturated carbocycles. The second-order valence-corrected chi connectivity index (χ2v) is 10.1. The molecular formula is C33H34FN3O3. The topological polar surface area (TPSA) is 74.4 Å². The molecule has 1 aliphatic carbocycles. The monoisotopic (exact) mass is 539 g/mol. The van der Waals surface area contributed by atoms with Crippen LogP contribution in [-0.4, -0.2) is 29.4 Å². The summed E-state index contributed by atoms with van der Waals surface area (Å²) in [7, 11) is 0. The Morgan fingerprint density at radius 3 is 2.30 bits per heavy atom. The number of hydrogen-bond donors (Lipinski definition) is 2. The van der Waals surface area contributed by atoms with E-state index in [1.54, 1.807) is 42.5 Å². The molecule has 4 aromatic rings. The van der Waals surface area contributed by atoms with Gasteiger partial charge in [-0.1, -0.05) is 61.7 Å². The number of rotatable bonds is 9. The SMILES string of the molecule is CCOc1ccc(N(C(=O)c2ccc(-c3ccccc3)[nH]2)[C@H](C(=O)NC2CCCCC2)c2ccc(F)cc2)cc1. The lowest BCUT2D eigenvalue weighted by Gasteiger charge is -2.33. The number of nitrogens with one attached hydrogen (secondary N) is 2. The summed E-state index contributed by atoms with van der Waals surface area (Å²) < 4.78 is 19.6. The number of aromatic nitrogens is 1. The van der Waals surface area contributed by atoms with Crippen molar-refractivity contribution in [2.45, 2.75) is 51.1 Å². The highest BCUT2D eigenvalue weighted by atomic mass is 19.1. The number of ether oxygens (including phenoxy) is 1. The smallest absolute Gasteiger partial charge is 0.275 e. The van der Waals surface area contributed by atoms with Crippen LogP contribution in [0.4, 0.5) is 10.1 Å². The Morgan fingerprint density at radius 2 is 1.62 bits per heavy atom. The van der Waals surface area contributed by atoms with Gasteiger partial charge in [0.25, 0.3) is 5.91 Å². The number of halogens is 1. The van der Waals surface area contributed by atoms with Gasteiger partial charge in [-0.25, -0.2) is 4.39 Å². The molecule has 2 N–H and O–H groups in total. The molecule has 3 aromatic carbocycles. The number of carbonyl (C=O) groups is 2. The third kappa shape index (κ3) is 6.25. The first-order valence-electron chi connectivity index (χ1n) is 13.9. The summed E-state index contributed by atoms with van der Waals surface area (Å²) in [4.78, 5) is 33.0. The van der Waals surface area contributed by atoms with Gasteiger partial charge in [0, 0.05) is 17.4 Å². The van der Waals surface area contributed by atoms with Gasteiger partial charge >= 0.3 is 0 Å². The van der Waals surface area contributed by atoms with Gasteiger partial charge in [-0.3, -0.25) is 14.5 Å². The first-order chi connectivity index (χ1) is 19.5. The lowest BCUT2D eigenvalue weighted by atomic mass is 9.94. The molecule has 0 bridgehead atoms. The van der Waals surface area contributed by atoms with E-state index in [1.165, 1.54) is 17.0 Å². The van der Waals surface area contributed by atoms with E-state index < -0.39 is 11.9 Å². The van der Waals surface area contributed by atoms with Gasteiger partial charge in [-0.15, -0.1) is 0 Å². The summed E-state index contributed by atoms with van der Waals surface area (Å²) in [6, 6.07) is 25.2. The number of nitrogens with zero attached hydrogens (tertiary/aromatic N) is 1. The van der Waals surface area contributed by atoms with Crippen LogP contribution in [0.3, 0.4) is 0 Å². The van der Waals surface area contributed by atoms with Gasteiger partial charge in [0.2, 0.25) is 5.91 Å². The average Bonchev–Trinajstić information content (AvgIpc) is 3.49. The summed E-state index contributed by atoms with van der Waals surface area (Å²) in [5, 5.41) is 3.19. The van der Waals surface area contributed by atoms with Crippen molar-refractivity contribution in [1.82, 2.24) is 10.3 Å². The van der Waals surface area contributed by atoms with Crippen molar-refractivity contribution in [3.63, 3.8) is 0 Å². The van der Waals surface area contributed by atoms with Gasteiger partial charge in [-0.2, -0.15) is 0 Å². The second-order valence-electron chi connectivity index (χ2n) is 10.1. The molecule has 1 atom stereocenters. The molecule has 0 unspecified atom stereocenters. The highest BCUT2D eigenvalue weighted by Gasteiger charge is 2.35. The molecule has 0 spiro atoms. The highest BCUT2D eigenvalue weighted by molar-refractivity contribution is 6.09. The molecule has 7 heteroatoms. The van der Waals surface area contributed by atoms with E-state index in [0.29, 0.717) is 29.3 Å². The quantitative estimate of drug-likeness (QED) is 0.239. The fraction of sp³-hybridized carbons (Fsp3) is 0.273. The number of hydrogen-bond acceptors (Lipinski definition) is 3. The lowest BCUT2D eigenvalue weighted by Crippen LogP contribution is -2.47. The molecule has 0 radical (unpaired) electrons. The number of benzene rings is 3. The lowest BCUT2D eigenvalue weighted by molar-refractivity contribution is -0.123. The summed E-state index contributed by atoms with van der Waals surface area (Å²) in [5.74, 6) is -0.420. The van der Waals surface area contributed by atoms with Crippen molar-refractivity contribution in [2.24, 2.45) is 0 Å². The molecule has 6 nitrogen and oxygen atoms in total. The zero-order valence-electron chi connectivity index (χ0n) is 22.6. The number of aromatic amines is 1. The van der Waals surface area contributed by atoms with Gasteiger partial charge in [0.1, 0.15) is 23.3 Å². The van der Waals surface area contributed by atoms with E-state index in [-0.39, 0.29) is 17.9 Å². The van der Waals surface area contributed by atoms with Crippen LogP contribution in [0.1, 0.15) is 61.1 Å². The highest BCUT2D eigenvalue weighted by Crippen LogP contribution is 2.32. The van der Waals surface area contributed by atoms with Crippen LogP contribution in [-0.2, 0) is 4.79 Å². The maximum atomic E-state index is 14.3. The van der Waals surface area contributed by atoms with Crippen LogP contribution in [0.25, 0.3) is 11.3 Å². The minimum absolute atomic E-state index is 0.0386. The van der Waals surface area contributed by atoms with Gasteiger partial charge in [0.15, 0.2) is 0 Å². The summed E-state index contributed by atoms with van der Waals surface area (Å²) in [6.45, 7) is 2.41. The first-order valence-corrected chi connectivity index (χ1v) is 13.9. The fourth-order valence-corrected chi connectivity index (χ4v) is 5.28.